The lowest BCUT2D eigenvalue weighted by molar-refractivity contribution is -0.138. The van der Waals surface area contributed by atoms with Gasteiger partial charge < -0.3 is 23.6 Å². The smallest absolute Gasteiger partial charge is 0.248 e. The zero-order valence-corrected chi connectivity index (χ0v) is 19.6. The van der Waals surface area contributed by atoms with Crippen molar-refractivity contribution < 1.29 is 23.5 Å². The van der Waals surface area contributed by atoms with Crippen molar-refractivity contribution in [2.75, 3.05) is 27.4 Å². The summed E-state index contributed by atoms with van der Waals surface area (Å²) in [7, 11) is 3.16. The maximum atomic E-state index is 12.8. The summed E-state index contributed by atoms with van der Waals surface area (Å²) in [6, 6.07) is 15.3. The number of hydrogen-bond donors (Lipinski definition) is 0. The summed E-state index contributed by atoms with van der Waals surface area (Å²) in [6.07, 6.45) is 1.29. The van der Waals surface area contributed by atoms with Crippen molar-refractivity contribution in [1.82, 2.24) is 15.0 Å². The fraction of sp³-hybridized carbons (Fsp3) is 0.400. The van der Waals surface area contributed by atoms with Crippen molar-refractivity contribution >= 4 is 5.91 Å². The molecule has 0 N–H and O–H groups in total. The Kier molecular flexibility index (Phi) is 8.83. The molecule has 2 aromatic carbocycles. The number of nitrogens with zero attached hydrogens (tertiary/aromatic N) is 3. The van der Waals surface area contributed by atoms with Crippen LogP contribution in [-0.2, 0) is 22.6 Å². The second kappa shape index (κ2) is 12.0. The highest BCUT2D eigenvalue weighted by molar-refractivity contribution is 5.77. The summed E-state index contributed by atoms with van der Waals surface area (Å²) in [4.78, 5) is 19.1. The van der Waals surface area contributed by atoms with Crippen molar-refractivity contribution in [1.29, 1.82) is 0 Å². The summed E-state index contributed by atoms with van der Waals surface area (Å²) in [5, 5.41) is 4.08. The number of benzene rings is 2. The molecule has 0 bridgehead atoms. The predicted molar refractivity (Wildman–Crippen MR) is 124 cm³/mol. The van der Waals surface area contributed by atoms with E-state index < -0.39 is 0 Å². The van der Waals surface area contributed by atoms with Gasteiger partial charge >= 0.3 is 0 Å². The first-order valence-corrected chi connectivity index (χ1v) is 11.0. The second-order valence-corrected chi connectivity index (χ2v) is 7.65. The molecule has 0 saturated heterocycles. The molecular formula is C25H31N3O5. The van der Waals surface area contributed by atoms with Crippen LogP contribution in [0.3, 0.4) is 0 Å². The van der Waals surface area contributed by atoms with E-state index in [9.17, 15) is 4.79 Å². The molecule has 8 nitrogen and oxygen atoms in total. The van der Waals surface area contributed by atoms with Crippen LogP contribution in [0, 0.1) is 0 Å². The molecule has 0 spiro atoms. The van der Waals surface area contributed by atoms with Crippen molar-refractivity contribution in [2.45, 2.75) is 39.3 Å². The lowest BCUT2D eigenvalue weighted by atomic mass is 10.2. The molecule has 0 aliphatic carbocycles. The fourth-order valence-corrected chi connectivity index (χ4v) is 3.39. The average molecular weight is 454 g/mol. The Hall–Kier alpha value is -3.39. The van der Waals surface area contributed by atoms with E-state index in [-0.39, 0.29) is 18.6 Å². The molecule has 0 unspecified atom stereocenters. The Morgan fingerprint density at radius 2 is 1.85 bits per heavy atom. The van der Waals surface area contributed by atoms with Crippen LogP contribution in [-0.4, -0.2) is 54.4 Å². The van der Waals surface area contributed by atoms with Gasteiger partial charge in [-0.3, -0.25) is 4.79 Å². The monoisotopic (exact) mass is 453 g/mol. The first-order valence-electron chi connectivity index (χ1n) is 11.0. The maximum absolute atomic E-state index is 12.8. The average Bonchev–Trinajstić information content (AvgIpc) is 3.33. The molecule has 0 saturated carbocycles. The lowest BCUT2D eigenvalue weighted by Gasteiger charge is -2.28. The molecule has 0 aliphatic rings. The van der Waals surface area contributed by atoms with Crippen molar-refractivity contribution in [3.05, 3.63) is 60.0 Å². The minimum atomic E-state index is -0.0556. The third kappa shape index (κ3) is 6.55. The van der Waals surface area contributed by atoms with E-state index in [0.29, 0.717) is 42.8 Å². The van der Waals surface area contributed by atoms with Gasteiger partial charge in [0.1, 0.15) is 6.61 Å². The van der Waals surface area contributed by atoms with Gasteiger partial charge in [0.05, 0.1) is 20.8 Å². The Morgan fingerprint density at radius 3 is 2.55 bits per heavy atom. The van der Waals surface area contributed by atoms with Gasteiger partial charge in [-0.1, -0.05) is 42.4 Å². The van der Waals surface area contributed by atoms with Gasteiger partial charge in [0.25, 0.3) is 0 Å². The highest BCUT2D eigenvalue weighted by Crippen LogP contribution is 2.31. The molecule has 0 aliphatic heterocycles. The van der Waals surface area contributed by atoms with Gasteiger partial charge in [-0.25, -0.2) is 0 Å². The standard InChI is InChI=1S/C25H31N3O5/c1-5-18(2)28(24(29)17-32-16-19-9-7-6-8-10-19)14-13-23-26-25(27-33-23)20-11-12-21(30-3)22(15-20)31-4/h6-12,15,18H,5,13-14,16-17H2,1-4H3/t18-/m1/s1. The SMILES string of the molecule is CC[C@@H](C)N(CCc1nc(-c2ccc(OC)c(OC)c2)no1)C(=O)COCc1ccccc1. The predicted octanol–water partition coefficient (Wildman–Crippen LogP) is 4.14. The molecule has 1 heterocycles. The van der Waals surface area contributed by atoms with Crippen LogP contribution in [0.25, 0.3) is 11.4 Å². The molecule has 176 valence electrons. The zero-order chi connectivity index (χ0) is 23.6. The first kappa shape index (κ1) is 24.3. The summed E-state index contributed by atoms with van der Waals surface area (Å²) >= 11 is 0. The molecule has 1 aromatic heterocycles. The number of ether oxygens (including phenoxy) is 3. The van der Waals surface area contributed by atoms with E-state index in [1.807, 2.05) is 48.2 Å². The van der Waals surface area contributed by atoms with Crippen molar-refractivity contribution in [3.8, 4) is 22.9 Å². The van der Waals surface area contributed by atoms with Gasteiger partial charge in [0, 0.05) is 24.6 Å². The van der Waals surface area contributed by atoms with E-state index in [0.717, 1.165) is 17.5 Å². The number of rotatable bonds is 12. The first-order chi connectivity index (χ1) is 16.0. The zero-order valence-electron chi connectivity index (χ0n) is 19.6. The van der Waals surface area contributed by atoms with Crippen LogP contribution < -0.4 is 9.47 Å². The number of methoxy groups -OCH3 is 2. The van der Waals surface area contributed by atoms with Crippen LogP contribution in [0.1, 0.15) is 31.7 Å². The van der Waals surface area contributed by atoms with E-state index >= 15 is 0 Å². The van der Waals surface area contributed by atoms with Crippen LogP contribution in [0.5, 0.6) is 11.5 Å². The topological polar surface area (TPSA) is 86.9 Å². The third-order valence-corrected chi connectivity index (χ3v) is 5.46. The van der Waals surface area contributed by atoms with Crippen LogP contribution in [0.4, 0.5) is 0 Å². The molecule has 3 rings (SSSR count). The molecule has 33 heavy (non-hydrogen) atoms. The van der Waals surface area contributed by atoms with Gasteiger partial charge in [0.2, 0.25) is 17.6 Å². The minimum absolute atomic E-state index is 0.0277. The summed E-state index contributed by atoms with van der Waals surface area (Å²) in [5.41, 5.74) is 1.79. The van der Waals surface area contributed by atoms with Gasteiger partial charge in [0.15, 0.2) is 11.5 Å². The highest BCUT2D eigenvalue weighted by atomic mass is 16.5. The third-order valence-electron chi connectivity index (χ3n) is 5.46. The van der Waals surface area contributed by atoms with Crippen LogP contribution >= 0.6 is 0 Å². The molecule has 1 atom stereocenters. The second-order valence-electron chi connectivity index (χ2n) is 7.65. The molecular weight excluding hydrogens is 422 g/mol. The quantitative estimate of drug-likeness (QED) is 0.407. The molecule has 3 aromatic rings. The van der Waals surface area contributed by atoms with E-state index in [4.69, 9.17) is 18.7 Å². The van der Waals surface area contributed by atoms with Gasteiger partial charge in [-0.2, -0.15) is 4.98 Å². The van der Waals surface area contributed by atoms with E-state index in [1.54, 1.807) is 26.4 Å². The van der Waals surface area contributed by atoms with Gasteiger partial charge in [-0.05, 0) is 37.1 Å². The van der Waals surface area contributed by atoms with E-state index in [1.165, 1.54) is 0 Å². The Bertz CT molecular complexity index is 1020. The lowest BCUT2D eigenvalue weighted by Crippen LogP contribution is -2.41. The summed E-state index contributed by atoms with van der Waals surface area (Å²) < 4.78 is 21.7. The largest absolute Gasteiger partial charge is 0.493 e. The Balaban J connectivity index is 1.60. The van der Waals surface area contributed by atoms with Crippen molar-refractivity contribution in [2.24, 2.45) is 0 Å². The summed E-state index contributed by atoms with van der Waals surface area (Å²) in [6.45, 7) is 4.98. The Morgan fingerprint density at radius 1 is 1.09 bits per heavy atom. The minimum Gasteiger partial charge on any atom is -0.493 e. The fourth-order valence-electron chi connectivity index (χ4n) is 3.39. The molecule has 0 radical (unpaired) electrons. The van der Waals surface area contributed by atoms with Crippen molar-refractivity contribution in [3.63, 3.8) is 0 Å². The summed E-state index contributed by atoms with van der Waals surface area (Å²) in [5.74, 6) is 2.08. The Labute approximate surface area is 194 Å². The molecule has 0 fully saturated rings. The highest BCUT2D eigenvalue weighted by Gasteiger charge is 2.20. The van der Waals surface area contributed by atoms with E-state index in [2.05, 4.69) is 17.1 Å². The normalized spacial score (nSPS) is 11.8. The number of carbonyl (C=O) groups excluding carboxylic acids is 1. The number of hydrogen-bond acceptors (Lipinski definition) is 7. The van der Waals surface area contributed by atoms with Crippen LogP contribution in [0.15, 0.2) is 53.1 Å². The maximum Gasteiger partial charge on any atom is 0.248 e. The number of amides is 1. The van der Waals surface area contributed by atoms with Gasteiger partial charge in [-0.15, -0.1) is 0 Å². The number of aromatic nitrogens is 2. The molecule has 1 amide bonds. The molecule has 8 heteroatoms. The van der Waals surface area contributed by atoms with Crippen LogP contribution in [0.2, 0.25) is 0 Å². The number of carbonyl (C=O) groups is 1.